The summed E-state index contributed by atoms with van der Waals surface area (Å²) in [6, 6.07) is 0. The lowest BCUT2D eigenvalue weighted by atomic mass is 9.91. The molecule has 1 aliphatic rings. The predicted octanol–water partition coefficient (Wildman–Crippen LogP) is 1.74. The maximum absolute atomic E-state index is 12.1. The number of aromatic amines is 1. The lowest BCUT2D eigenvalue weighted by Crippen LogP contribution is -2.31. The lowest BCUT2D eigenvalue weighted by Gasteiger charge is -2.23. The highest BCUT2D eigenvalue weighted by atomic mass is 16.2. The smallest absolute Gasteiger partial charge is 0.223 e. The molecular formula is C13H22N4O. The van der Waals surface area contributed by atoms with Crippen molar-refractivity contribution in [2.75, 3.05) is 18.8 Å². The van der Waals surface area contributed by atoms with Crippen molar-refractivity contribution in [3.8, 4) is 0 Å². The van der Waals surface area contributed by atoms with Gasteiger partial charge < -0.3 is 10.6 Å². The van der Waals surface area contributed by atoms with E-state index in [0.717, 1.165) is 25.2 Å². The number of anilines is 1. The van der Waals surface area contributed by atoms with Crippen LogP contribution in [0.3, 0.4) is 0 Å². The Bertz CT molecular complexity index is 432. The highest BCUT2D eigenvalue weighted by Crippen LogP contribution is 2.30. The number of aromatic nitrogens is 2. The third-order valence-electron chi connectivity index (χ3n) is 3.33. The first-order valence-electron chi connectivity index (χ1n) is 6.43. The van der Waals surface area contributed by atoms with Gasteiger partial charge in [0.2, 0.25) is 5.91 Å². The summed E-state index contributed by atoms with van der Waals surface area (Å²) in [5, 5.41) is 6.88. The van der Waals surface area contributed by atoms with E-state index >= 15 is 0 Å². The number of carbonyl (C=O) groups excluding carboxylic acids is 1. The van der Waals surface area contributed by atoms with Crippen LogP contribution in [0.5, 0.6) is 0 Å². The van der Waals surface area contributed by atoms with Crippen molar-refractivity contribution in [1.82, 2.24) is 15.1 Å². The van der Waals surface area contributed by atoms with Gasteiger partial charge in [-0.3, -0.25) is 9.89 Å². The fourth-order valence-electron chi connectivity index (χ4n) is 2.42. The second-order valence-corrected chi connectivity index (χ2v) is 6.30. The van der Waals surface area contributed by atoms with Crippen LogP contribution in [-0.4, -0.2) is 34.1 Å². The molecule has 0 saturated carbocycles. The normalized spacial score (nSPS) is 20.4. The first-order valence-corrected chi connectivity index (χ1v) is 6.43. The zero-order chi connectivity index (χ0) is 13.3. The second-order valence-electron chi connectivity index (χ2n) is 6.30. The number of likely N-dealkylation sites (tertiary alicyclic amines) is 1. The van der Waals surface area contributed by atoms with Gasteiger partial charge in [-0.1, -0.05) is 20.8 Å². The molecule has 1 amide bonds. The molecule has 1 unspecified atom stereocenters. The average molecular weight is 250 g/mol. The summed E-state index contributed by atoms with van der Waals surface area (Å²) in [5.74, 6) is 0.541. The number of hydrogen-bond donors (Lipinski definition) is 2. The number of nitrogens with zero attached hydrogens (tertiary/aromatic N) is 2. The van der Waals surface area contributed by atoms with Gasteiger partial charge in [-0.15, -0.1) is 0 Å². The molecule has 1 atom stereocenters. The molecule has 2 heterocycles. The van der Waals surface area contributed by atoms with E-state index in [1.165, 1.54) is 0 Å². The van der Waals surface area contributed by atoms with Crippen molar-refractivity contribution in [3.63, 3.8) is 0 Å². The van der Waals surface area contributed by atoms with Crippen LogP contribution in [-0.2, 0) is 4.79 Å². The second kappa shape index (κ2) is 4.63. The SMILES string of the molecule is CC(C)(C)CC(=O)N1CCC(c2[nH]ncc2N)C1. The van der Waals surface area contributed by atoms with Gasteiger partial charge in [0.1, 0.15) is 0 Å². The lowest BCUT2D eigenvalue weighted by molar-refractivity contribution is -0.132. The third-order valence-corrected chi connectivity index (χ3v) is 3.33. The van der Waals surface area contributed by atoms with Crippen LogP contribution in [0.25, 0.3) is 0 Å². The first-order chi connectivity index (χ1) is 8.37. The molecule has 3 N–H and O–H groups in total. The van der Waals surface area contributed by atoms with Crippen molar-refractivity contribution in [1.29, 1.82) is 0 Å². The summed E-state index contributed by atoms with van der Waals surface area (Å²) < 4.78 is 0. The third kappa shape index (κ3) is 2.83. The Balaban J connectivity index is 1.97. The van der Waals surface area contributed by atoms with E-state index in [2.05, 4.69) is 31.0 Å². The van der Waals surface area contributed by atoms with E-state index in [1.54, 1.807) is 6.20 Å². The molecule has 0 bridgehead atoms. The molecule has 100 valence electrons. The van der Waals surface area contributed by atoms with Gasteiger partial charge in [0, 0.05) is 25.4 Å². The minimum absolute atomic E-state index is 0.0438. The van der Waals surface area contributed by atoms with Crippen LogP contribution in [0.4, 0.5) is 5.69 Å². The van der Waals surface area contributed by atoms with E-state index in [9.17, 15) is 4.79 Å². The summed E-state index contributed by atoms with van der Waals surface area (Å²) >= 11 is 0. The van der Waals surface area contributed by atoms with E-state index in [-0.39, 0.29) is 11.3 Å². The number of H-pyrrole nitrogens is 1. The zero-order valence-corrected chi connectivity index (χ0v) is 11.4. The molecule has 0 spiro atoms. The number of hydrogen-bond acceptors (Lipinski definition) is 3. The molecule has 0 radical (unpaired) electrons. The van der Waals surface area contributed by atoms with Gasteiger partial charge in [0.25, 0.3) is 0 Å². The van der Waals surface area contributed by atoms with Gasteiger partial charge in [-0.05, 0) is 11.8 Å². The van der Waals surface area contributed by atoms with E-state index in [0.29, 0.717) is 18.0 Å². The summed E-state index contributed by atoms with van der Waals surface area (Å²) in [7, 11) is 0. The van der Waals surface area contributed by atoms with Crippen LogP contribution >= 0.6 is 0 Å². The highest BCUT2D eigenvalue weighted by molar-refractivity contribution is 5.77. The van der Waals surface area contributed by atoms with Gasteiger partial charge in [-0.2, -0.15) is 5.10 Å². The maximum Gasteiger partial charge on any atom is 0.223 e. The molecule has 0 aliphatic carbocycles. The molecule has 0 aromatic carbocycles. The van der Waals surface area contributed by atoms with Crippen LogP contribution in [0.1, 0.15) is 45.2 Å². The minimum Gasteiger partial charge on any atom is -0.396 e. The topological polar surface area (TPSA) is 75.0 Å². The highest BCUT2D eigenvalue weighted by Gasteiger charge is 2.30. The van der Waals surface area contributed by atoms with E-state index in [4.69, 9.17) is 5.73 Å². The van der Waals surface area contributed by atoms with Crippen molar-refractivity contribution in [2.24, 2.45) is 5.41 Å². The predicted molar refractivity (Wildman–Crippen MR) is 71.0 cm³/mol. The number of nitrogens with one attached hydrogen (secondary N) is 1. The van der Waals surface area contributed by atoms with Crippen molar-refractivity contribution >= 4 is 11.6 Å². The number of carbonyl (C=O) groups is 1. The number of rotatable bonds is 2. The average Bonchev–Trinajstić information content (AvgIpc) is 2.82. The van der Waals surface area contributed by atoms with Gasteiger partial charge >= 0.3 is 0 Å². The molecule has 1 aromatic rings. The van der Waals surface area contributed by atoms with Crippen molar-refractivity contribution < 1.29 is 4.79 Å². The van der Waals surface area contributed by atoms with Gasteiger partial charge in [0.05, 0.1) is 17.6 Å². The Morgan fingerprint density at radius 2 is 2.33 bits per heavy atom. The quantitative estimate of drug-likeness (QED) is 0.839. The Morgan fingerprint density at radius 1 is 1.61 bits per heavy atom. The summed E-state index contributed by atoms with van der Waals surface area (Å²) in [6.45, 7) is 7.83. The molecule has 18 heavy (non-hydrogen) atoms. The van der Waals surface area contributed by atoms with E-state index < -0.39 is 0 Å². The molecule has 2 rings (SSSR count). The Morgan fingerprint density at radius 3 is 2.89 bits per heavy atom. The fraction of sp³-hybridized carbons (Fsp3) is 0.692. The standard InChI is InChI=1S/C13H22N4O/c1-13(2,3)6-11(18)17-5-4-9(8-17)12-10(14)7-15-16-12/h7,9H,4-6,8,14H2,1-3H3,(H,15,16). The first kappa shape index (κ1) is 12.9. The molecule has 5 heteroatoms. The summed E-state index contributed by atoms with van der Waals surface area (Å²) in [4.78, 5) is 14.1. The van der Waals surface area contributed by atoms with E-state index in [1.807, 2.05) is 4.90 Å². The minimum atomic E-state index is 0.0438. The van der Waals surface area contributed by atoms with Crippen LogP contribution in [0, 0.1) is 5.41 Å². The number of amides is 1. The summed E-state index contributed by atoms with van der Waals surface area (Å²) in [5.41, 5.74) is 7.56. The van der Waals surface area contributed by atoms with Crippen molar-refractivity contribution in [3.05, 3.63) is 11.9 Å². The molecular weight excluding hydrogens is 228 g/mol. The number of nitrogen functional groups attached to an aromatic ring is 1. The Hall–Kier alpha value is -1.52. The molecule has 1 fully saturated rings. The van der Waals surface area contributed by atoms with Gasteiger partial charge in [-0.25, -0.2) is 0 Å². The Labute approximate surface area is 108 Å². The monoisotopic (exact) mass is 250 g/mol. The van der Waals surface area contributed by atoms with Crippen molar-refractivity contribution in [2.45, 2.75) is 39.5 Å². The van der Waals surface area contributed by atoms with Crippen LogP contribution in [0.15, 0.2) is 6.20 Å². The molecule has 1 saturated heterocycles. The summed E-state index contributed by atoms with van der Waals surface area (Å²) in [6.07, 6.45) is 3.19. The van der Waals surface area contributed by atoms with Crippen LogP contribution < -0.4 is 5.73 Å². The molecule has 5 nitrogen and oxygen atoms in total. The number of nitrogens with two attached hydrogens (primary N) is 1. The molecule has 1 aliphatic heterocycles. The maximum atomic E-state index is 12.1. The zero-order valence-electron chi connectivity index (χ0n) is 11.4. The Kier molecular flexibility index (Phi) is 3.32. The fourth-order valence-corrected chi connectivity index (χ4v) is 2.42. The largest absolute Gasteiger partial charge is 0.396 e. The molecule has 1 aromatic heterocycles. The van der Waals surface area contributed by atoms with Gasteiger partial charge in [0.15, 0.2) is 0 Å². The van der Waals surface area contributed by atoms with Crippen LogP contribution in [0.2, 0.25) is 0 Å².